The van der Waals surface area contributed by atoms with E-state index in [1.165, 1.54) is 4.90 Å². The van der Waals surface area contributed by atoms with Gasteiger partial charge in [0.15, 0.2) is 0 Å². The predicted molar refractivity (Wildman–Crippen MR) is 121 cm³/mol. The van der Waals surface area contributed by atoms with E-state index in [2.05, 4.69) is 27.4 Å². The van der Waals surface area contributed by atoms with E-state index in [1.807, 2.05) is 0 Å². The third-order valence-electron chi connectivity index (χ3n) is 7.44. The molecule has 3 unspecified atom stereocenters. The van der Waals surface area contributed by atoms with E-state index in [1.54, 1.807) is 17.9 Å². The van der Waals surface area contributed by atoms with Gasteiger partial charge in [0.1, 0.15) is 11.6 Å². The monoisotopic (exact) mass is 529 g/mol. The van der Waals surface area contributed by atoms with E-state index in [9.17, 15) is 24.6 Å². The highest BCUT2D eigenvalue weighted by Crippen LogP contribution is 2.60. The van der Waals surface area contributed by atoms with Crippen LogP contribution in [-0.4, -0.2) is 124 Å². The molecule has 1 spiro atoms. The molecule has 4 aliphatic heterocycles. The molecule has 0 radical (unpaired) electrons. The Morgan fingerprint density at radius 2 is 2.09 bits per heavy atom. The Kier molecular flexibility index (Phi) is 7.16. The summed E-state index contributed by atoms with van der Waals surface area (Å²) in [6, 6.07) is -1.65. The first-order chi connectivity index (χ1) is 15.8. The largest absolute Gasteiger partial charge is 0.481 e. The molecule has 33 heavy (non-hydrogen) atoms. The number of rotatable bonds is 9. The van der Waals surface area contributed by atoms with Crippen molar-refractivity contribution in [2.45, 2.75) is 42.0 Å². The maximum Gasteiger partial charge on any atom is 0.310 e. The molecule has 4 saturated heterocycles. The maximum absolute atomic E-state index is 14.0. The van der Waals surface area contributed by atoms with Gasteiger partial charge in [-0.05, 0) is 13.3 Å². The van der Waals surface area contributed by atoms with Gasteiger partial charge in [-0.2, -0.15) is 0 Å². The number of morpholine rings is 1. The van der Waals surface area contributed by atoms with Crippen LogP contribution >= 0.6 is 15.9 Å². The number of carbonyl (C=O) groups is 3. The molecule has 4 aliphatic rings. The van der Waals surface area contributed by atoms with Crippen molar-refractivity contribution in [3.8, 4) is 0 Å². The van der Waals surface area contributed by atoms with Crippen LogP contribution in [0.15, 0.2) is 12.7 Å². The van der Waals surface area contributed by atoms with Gasteiger partial charge in [0.2, 0.25) is 11.8 Å². The van der Waals surface area contributed by atoms with Crippen LogP contribution in [0.2, 0.25) is 0 Å². The lowest BCUT2D eigenvalue weighted by molar-refractivity contribution is -0.153. The Morgan fingerprint density at radius 1 is 1.39 bits per heavy atom. The number of alkyl halides is 1. The normalized spacial score (nSPS) is 36.6. The molecule has 2 bridgehead atoms. The summed E-state index contributed by atoms with van der Waals surface area (Å²) in [5.74, 6) is -3.84. The third kappa shape index (κ3) is 4.01. The summed E-state index contributed by atoms with van der Waals surface area (Å²) in [6.07, 6.45) is 1.32. The van der Waals surface area contributed by atoms with Crippen molar-refractivity contribution in [3.05, 3.63) is 12.7 Å². The van der Waals surface area contributed by atoms with Crippen LogP contribution in [0.1, 0.15) is 13.3 Å². The Balaban J connectivity index is 1.66. The number of amides is 2. The van der Waals surface area contributed by atoms with Gasteiger partial charge in [-0.1, -0.05) is 22.0 Å². The zero-order valence-corrected chi connectivity index (χ0v) is 20.4. The van der Waals surface area contributed by atoms with Crippen LogP contribution in [0, 0.1) is 11.8 Å². The van der Waals surface area contributed by atoms with Gasteiger partial charge in [-0.25, -0.2) is 0 Å². The van der Waals surface area contributed by atoms with Crippen molar-refractivity contribution >= 4 is 33.7 Å². The minimum absolute atomic E-state index is 0.275. The minimum Gasteiger partial charge on any atom is -0.481 e. The smallest absolute Gasteiger partial charge is 0.310 e. The summed E-state index contributed by atoms with van der Waals surface area (Å²) in [6.45, 7) is 9.35. The second-order valence-corrected chi connectivity index (χ2v) is 10.5. The average molecular weight is 530 g/mol. The van der Waals surface area contributed by atoms with Crippen molar-refractivity contribution < 1.29 is 34.1 Å². The first-order valence-corrected chi connectivity index (χ1v) is 12.4. The number of hydrogen-bond acceptors (Lipinski definition) is 7. The number of likely N-dealkylation sites (tertiary alicyclic amines) is 1. The molecule has 0 aromatic rings. The summed E-state index contributed by atoms with van der Waals surface area (Å²) >= 11 is 3.53. The highest BCUT2D eigenvalue weighted by Gasteiger charge is 2.77. The van der Waals surface area contributed by atoms with Gasteiger partial charge in [0.05, 0.1) is 43.8 Å². The van der Waals surface area contributed by atoms with Gasteiger partial charge >= 0.3 is 5.97 Å². The molecule has 7 atom stereocenters. The van der Waals surface area contributed by atoms with Crippen molar-refractivity contribution in [2.24, 2.45) is 11.8 Å². The van der Waals surface area contributed by atoms with Crippen LogP contribution in [0.3, 0.4) is 0 Å². The molecule has 184 valence electrons. The van der Waals surface area contributed by atoms with E-state index >= 15 is 0 Å². The van der Waals surface area contributed by atoms with Gasteiger partial charge in [0.25, 0.3) is 0 Å². The molecule has 4 fully saturated rings. The van der Waals surface area contributed by atoms with Crippen molar-refractivity contribution in [1.29, 1.82) is 0 Å². The number of carbonyl (C=O) groups excluding carboxylic acids is 2. The SMILES string of the molecule is C=CCN(CCN1CCOCC1)C(=O)C1N([C@H](C)CO)C(=O)[C@@H]2[C@@H](C(=O)O)[C@@H]3OC12CC3Br. The fourth-order valence-corrected chi connectivity index (χ4v) is 6.84. The first kappa shape index (κ1) is 24.6. The predicted octanol–water partition coefficient (Wildman–Crippen LogP) is -0.453. The fourth-order valence-electron chi connectivity index (χ4n) is 5.90. The van der Waals surface area contributed by atoms with Crippen LogP contribution in [0.5, 0.6) is 0 Å². The summed E-state index contributed by atoms with van der Waals surface area (Å²) in [5.41, 5.74) is -1.24. The van der Waals surface area contributed by atoms with E-state index < -0.39 is 47.5 Å². The average Bonchev–Trinajstić information content (AvgIpc) is 3.39. The Morgan fingerprint density at radius 3 is 2.70 bits per heavy atom. The molecule has 4 heterocycles. The van der Waals surface area contributed by atoms with Gasteiger partial charge < -0.3 is 29.5 Å². The molecule has 0 aromatic heterocycles. The quantitative estimate of drug-likeness (QED) is 0.304. The number of carboxylic acid groups (broad SMARTS) is 1. The number of aliphatic hydroxyl groups excluding tert-OH is 1. The standard InChI is InChI=1S/C22H32BrN3O7/c1-3-4-25(6-5-24-7-9-32-10-8-24)20(29)18-22-11-14(23)17(33-22)15(21(30)31)16(22)19(28)26(18)13(2)12-27/h3,13-18,27H,1,4-12H2,2H3,(H,30,31)/t13-,14?,15-,16+,17-,18?,22?/m1/s1. The maximum atomic E-state index is 14.0. The minimum atomic E-state index is -1.24. The summed E-state index contributed by atoms with van der Waals surface area (Å²) < 4.78 is 11.6. The molecular formula is C22H32BrN3O7. The van der Waals surface area contributed by atoms with Crippen molar-refractivity contribution in [2.75, 3.05) is 52.5 Å². The van der Waals surface area contributed by atoms with Crippen LogP contribution in [-0.2, 0) is 23.9 Å². The topological polar surface area (TPSA) is 120 Å². The number of ether oxygens (including phenoxy) is 2. The highest BCUT2D eigenvalue weighted by atomic mass is 79.9. The van der Waals surface area contributed by atoms with E-state index in [0.29, 0.717) is 39.3 Å². The van der Waals surface area contributed by atoms with Gasteiger partial charge in [-0.3, -0.25) is 19.3 Å². The molecule has 10 nitrogen and oxygen atoms in total. The number of hydrogen-bond donors (Lipinski definition) is 2. The molecule has 2 N–H and O–H groups in total. The molecule has 0 saturated carbocycles. The third-order valence-corrected chi connectivity index (χ3v) is 8.28. The second kappa shape index (κ2) is 9.61. The van der Waals surface area contributed by atoms with E-state index in [0.717, 1.165) is 13.1 Å². The number of halogens is 1. The summed E-state index contributed by atoms with van der Waals surface area (Å²) in [7, 11) is 0. The Bertz CT molecular complexity index is 807. The Labute approximate surface area is 201 Å². The zero-order chi connectivity index (χ0) is 23.9. The number of aliphatic carboxylic acids is 1. The van der Waals surface area contributed by atoms with E-state index in [-0.39, 0.29) is 17.3 Å². The highest BCUT2D eigenvalue weighted by molar-refractivity contribution is 9.09. The molecule has 2 amide bonds. The number of fused-ring (bicyclic) bond motifs is 1. The fraction of sp³-hybridized carbons (Fsp3) is 0.773. The lowest BCUT2D eigenvalue weighted by Crippen LogP contribution is -2.59. The van der Waals surface area contributed by atoms with Crippen molar-refractivity contribution in [3.63, 3.8) is 0 Å². The molecule has 0 aliphatic carbocycles. The molecule has 11 heteroatoms. The molecule has 4 rings (SSSR count). The Hall–Kier alpha value is -1.53. The molecular weight excluding hydrogens is 498 g/mol. The zero-order valence-electron chi connectivity index (χ0n) is 18.8. The van der Waals surface area contributed by atoms with Gasteiger partial charge in [0, 0.05) is 37.6 Å². The number of carboxylic acids is 1. The number of aliphatic hydroxyl groups is 1. The second-order valence-electron chi connectivity index (χ2n) is 9.31. The summed E-state index contributed by atoms with van der Waals surface area (Å²) in [5, 5.41) is 19.8. The van der Waals surface area contributed by atoms with Crippen LogP contribution in [0.4, 0.5) is 0 Å². The first-order valence-electron chi connectivity index (χ1n) is 11.4. The van der Waals surface area contributed by atoms with Crippen LogP contribution in [0.25, 0.3) is 0 Å². The lowest BCUT2D eigenvalue weighted by atomic mass is 9.70. The van der Waals surface area contributed by atoms with Crippen molar-refractivity contribution in [1.82, 2.24) is 14.7 Å². The van der Waals surface area contributed by atoms with Crippen LogP contribution < -0.4 is 0 Å². The lowest BCUT2D eigenvalue weighted by Gasteiger charge is -2.39. The molecule has 0 aromatic carbocycles. The summed E-state index contributed by atoms with van der Waals surface area (Å²) in [4.78, 5) is 44.6. The number of nitrogens with zero attached hydrogens (tertiary/aromatic N) is 3. The van der Waals surface area contributed by atoms with E-state index in [4.69, 9.17) is 9.47 Å². The van der Waals surface area contributed by atoms with Gasteiger partial charge in [-0.15, -0.1) is 6.58 Å².